The minimum absolute atomic E-state index is 0.212. The van der Waals surface area contributed by atoms with Gasteiger partial charge in [-0.05, 0) is 24.1 Å². The van der Waals surface area contributed by atoms with Crippen LogP contribution >= 0.6 is 23.2 Å². The normalized spacial score (nSPS) is 12.5. The number of anilines is 1. The molecule has 0 radical (unpaired) electrons. The van der Waals surface area contributed by atoms with E-state index in [-0.39, 0.29) is 6.10 Å². The van der Waals surface area contributed by atoms with Crippen molar-refractivity contribution in [2.24, 2.45) is 0 Å². The standard InChI is InChI=1S/C14H13Cl2N5O/c1-2-10(7-3-4-8(15)9(16)5-7)22-11-6-12(17)18-14-13(11)19-21-20-14/h3-6,10H,2H2,1H3,(H3,17,18,19,20,21). The van der Waals surface area contributed by atoms with Crippen LogP contribution in [-0.4, -0.2) is 20.4 Å². The van der Waals surface area contributed by atoms with Crippen molar-refractivity contribution in [3.63, 3.8) is 0 Å². The Hall–Kier alpha value is -2.05. The second-order valence-electron chi connectivity index (χ2n) is 4.74. The summed E-state index contributed by atoms with van der Waals surface area (Å²) in [6, 6.07) is 7.05. The molecule has 0 aliphatic carbocycles. The number of pyridine rings is 1. The summed E-state index contributed by atoms with van der Waals surface area (Å²) in [4.78, 5) is 4.11. The van der Waals surface area contributed by atoms with Crippen LogP contribution in [0, 0.1) is 0 Å². The van der Waals surface area contributed by atoms with Gasteiger partial charge in [-0.1, -0.05) is 41.4 Å². The maximum atomic E-state index is 6.08. The van der Waals surface area contributed by atoms with Gasteiger partial charge in [0, 0.05) is 6.07 Å². The SMILES string of the molecule is CCC(Oc1cc(N)nc2[nH]nnc12)c1ccc(Cl)c(Cl)c1. The molecule has 22 heavy (non-hydrogen) atoms. The summed E-state index contributed by atoms with van der Waals surface area (Å²) in [5.41, 5.74) is 7.72. The van der Waals surface area contributed by atoms with Crippen LogP contribution in [0.3, 0.4) is 0 Å². The molecule has 0 aliphatic rings. The molecule has 8 heteroatoms. The number of ether oxygens (including phenoxy) is 1. The second-order valence-corrected chi connectivity index (χ2v) is 5.56. The van der Waals surface area contributed by atoms with E-state index in [4.69, 9.17) is 33.7 Å². The lowest BCUT2D eigenvalue weighted by molar-refractivity contribution is 0.203. The topological polar surface area (TPSA) is 89.7 Å². The molecule has 0 fully saturated rings. The lowest BCUT2D eigenvalue weighted by atomic mass is 10.1. The molecule has 114 valence electrons. The first-order valence-electron chi connectivity index (χ1n) is 6.67. The molecule has 3 rings (SSSR count). The van der Waals surface area contributed by atoms with Crippen LogP contribution in [0.5, 0.6) is 5.75 Å². The van der Waals surface area contributed by atoms with Gasteiger partial charge in [0.2, 0.25) is 0 Å². The molecule has 1 unspecified atom stereocenters. The minimum Gasteiger partial charge on any atom is -0.483 e. The van der Waals surface area contributed by atoms with Gasteiger partial charge in [-0.2, -0.15) is 0 Å². The first kappa shape index (κ1) is 14.9. The third kappa shape index (κ3) is 2.80. The molecule has 0 aliphatic heterocycles. The fourth-order valence-electron chi connectivity index (χ4n) is 2.17. The van der Waals surface area contributed by atoms with Crippen molar-refractivity contribution in [1.82, 2.24) is 20.4 Å². The average Bonchev–Trinajstić information content (AvgIpc) is 2.95. The summed E-state index contributed by atoms with van der Waals surface area (Å²) in [5.74, 6) is 0.853. The highest BCUT2D eigenvalue weighted by Crippen LogP contribution is 2.32. The van der Waals surface area contributed by atoms with Crippen LogP contribution in [0.15, 0.2) is 24.3 Å². The van der Waals surface area contributed by atoms with Crippen molar-refractivity contribution >= 4 is 40.2 Å². The molecule has 2 heterocycles. The van der Waals surface area contributed by atoms with E-state index in [1.54, 1.807) is 18.2 Å². The van der Waals surface area contributed by atoms with Crippen LogP contribution in [-0.2, 0) is 0 Å². The van der Waals surface area contributed by atoms with Gasteiger partial charge in [0.25, 0.3) is 0 Å². The number of benzene rings is 1. The van der Waals surface area contributed by atoms with Gasteiger partial charge in [-0.3, -0.25) is 0 Å². The van der Waals surface area contributed by atoms with Gasteiger partial charge in [0.15, 0.2) is 16.9 Å². The summed E-state index contributed by atoms with van der Waals surface area (Å²) in [7, 11) is 0. The molecule has 3 aromatic rings. The number of aromatic amines is 1. The van der Waals surface area contributed by atoms with Crippen LogP contribution in [0.2, 0.25) is 10.0 Å². The predicted octanol–water partition coefficient (Wildman–Crippen LogP) is 3.77. The summed E-state index contributed by atoms with van der Waals surface area (Å²) in [6.07, 6.45) is 0.524. The Bertz CT molecular complexity index is 820. The maximum Gasteiger partial charge on any atom is 0.181 e. The Labute approximate surface area is 136 Å². The molecule has 1 atom stereocenters. The van der Waals surface area contributed by atoms with Crippen molar-refractivity contribution in [2.45, 2.75) is 19.4 Å². The number of nitrogens with one attached hydrogen (secondary N) is 1. The van der Waals surface area contributed by atoms with Crippen LogP contribution in [0.1, 0.15) is 25.0 Å². The number of H-pyrrole nitrogens is 1. The van der Waals surface area contributed by atoms with E-state index >= 15 is 0 Å². The fraction of sp³-hybridized carbons (Fsp3) is 0.214. The van der Waals surface area contributed by atoms with E-state index in [1.165, 1.54) is 0 Å². The van der Waals surface area contributed by atoms with Crippen LogP contribution < -0.4 is 10.5 Å². The van der Waals surface area contributed by atoms with Gasteiger partial charge < -0.3 is 10.5 Å². The molecule has 0 saturated carbocycles. The molecule has 3 N–H and O–H groups in total. The van der Waals surface area contributed by atoms with E-state index in [1.807, 2.05) is 13.0 Å². The number of rotatable bonds is 4. The smallest absolute Gasteiger partial charge is 0.181 e. The zero-order chi connectivity index (χ0) is 15.7. The van der Waals surface area contributed by atoms with Crippen molar-refractivity contribution in [3.05, 3.63) is 39.9 Å². The number of fused-ring (bicyclic) bond motifs is 1. The Morgan fingerprint density at radius 1 is 1.27 bits per heavy atom. The Morgan fingerprint density at radius 3 is 2.82 bits per heavy atom. The molecule has 6 nitrogen and oxygen atoms in total. The predicted molar refractivity (Wildman–Crippen MR) is 86.2 cm³/mol. The number of hydrogen-bond donors (Lipinski definition) is 2. The number of nitrogen functional groups attached to an aromatic ring is 1. The van der Waals surface area contributed by atoms with Crippen molar-refractivity contribution in [3.8, 4) is 5.75 Å². The van der Waals surface area contributed by atoms with Gasteiger partial charge in [-0.25, -0.2) is 10.1 Å². The number of nitrogens with zero attached hydrogens (tertiary/aromatic N) is 3. The van der Waals surface area contributed by atoms with E-state index < -0.39 is 0 Å². The van der Waals surface area contributed by atoms with Crippen molar-refractivity contribution in [2.75, 3.05) is 5.73 Å². The molecule has 0 saturated heterocycles. The van der Waals surface area contributed by atoms with E-state index in [2.05, 4.69) is 20.4 Å². The first-order valence-corrected chi connectivity index (χ1v) is 7.43. The zero-order valence-electron chi connectivity index (χ0n) is 11.7. The van der Waals surface area contributed by atoms with Crippen LogP contribution in [0.4, 0.5) is 5.82 Å². The third-order valence-corrected chi connectivity index (χ3v) is 3.98. The molecule has 0 amide bonds. The fourth-order valence-corrected chi connectivity index (χ4v) is 2.48. The molecular weight excluding hydrogens is 325 g/mol. The Balaban J connectivity index is 1.97. The number of aromatic nitrogens is 4. The van der Waals surface area contributed by atoms with Crippen molar-refractivity contribution in [1.29, 1.82) is 0 Å². The Kier molecular flexibility index (Phi) is 4.04. The number of nitrogens with two attached hydrogens (primary N) is 1. The number of hydrogen-bond acceptors (Lipinski definition) is 5. The van der Waals surface area contributed by atoms with Crippen LogP contribution in [0.25, 0.3) is 11.2 Å². The molecule has 2 aromatic heterocycles. The van der Waals surface area contributed by atoms with Gasteiger partial charge in [0.1, 0.15) is 11.9 Å². The highest BCUT2D eigenvalue weighted by Gasteiger charge is 2.17. The molecule has 0 bridgehead atoms. The van der Waals surface area contributed by atoms with E-state index in [0.717, 1.165) is 12.0 Å². The van der Waals surface area contributed by atoms with E-state index in [0.29, 0.717) is 32.8 Å². The van der Waals surface area contributed by atoms with Gasteiger partial charge in [0.05, 0.1) is 10.0 Å². The zero-order valence-corrected chi connectivity index (χ0v) is 13.2. The molecule has 1 aromatic carbocycles. The van der Waals surface area contributed by atoms with E-state index in [9.17, 15) is 0 Å². The lowest BCUT2D eigenvalue weighted by Crippen LogP contribution is -2.07. The van der Waals surface area contributed by atoms with Gasteiger partial charge in [-0.15, -0.1) is 5.10 Å². The molecular formula is C14H13Cl2N5O. The Morgan fingerprint density at radius 2 is 2.09 bits per heavy atom. The summed E-state index contributed by atoms with van der Waals surface area (Å²) >= 11 is 12.0. The second kappa shape index (κ2) is 5.98. The third-order valence-electron chi connectivity index (χ3n) is 3.24. The molecule has 0 spiro atoms. The highest BCUT2D eigenvalue weighted by molar-refractivity contribution is 6.42. The van der Waals surface area contributed by atoms with Gasteiger partial charge >= 0.3 is 0 Å². The quantitative estimate of drug-likeness (QED) is 0.756. The van der Waals surface area contributed by atoms with Crippen molar-refractivity contribution < 1.29 is 4.74 Å². The maximum absolute atomic E-state index is 6.08. The summed E-state index contributed by atoms with van der Waals surface area (Å²) in [6.45, 7) is 2.01. The average molecular weight is 338 g/mol. The first-order chi connectivity index (χ1) is 10.6. The monoisotopic (exact) mass is 337 g/mol. The summed E-state index contributed by atoms with van der Waals surface area (Å²) in [5, 5.41) is 11.4. The minimum atomic E-state index is -0.212. The lowest BCUT2D eigenvalue weighted by Gasteiger charge is -2.18. The number of halogens is 2. The largest absolute Gasteiger partial charge is 0.483 e. The highest BCUT2D eigenvalue weighted by atomic mass is 35.5. The summed E-state index contributed by atoms with van der Waals surface area (Å²) < 4.78 is 6.05.